The van der Waals surface area contributed by atoms with E-state index >= 15 is 0 Å². The van der Waals surface area contributed by atoms with Gasteiger partial charge in [-0.25, -0.2) is 4.98 Å². The molecule has 6 heteroatoms. The maximum Gasteiger partial charge on any atom is 0.254 e. The molecule has 3 aromatic carbocycles. The Hall–Kier alpha value is -3.57. The van der Waals surface area contributed by atoms with Gasteiger partial charge in [-0.15, -0.1) is 0 Å². The van der Waals surface area contributed by atoms with Gasteiger partial charge in [-0.05, 0) is 67.6 Å². The first-order valence-corrected chi connectivity index (χ1v) is 11.8. The smallest absolute Gasteiger partial charge is 0.254 e. The first kappa shape index (κ1) is 22.2. The molecule has 5 rings (SSSR count). The van der Waals surface area contributed by atoms with Gasteiger partial charge < -0.3 is 14.5 Å². The lowest BCUT2D eigenvalue weighted by molar-refractivity contribution is 0.0748. The van der Waals surface area contributed by atoms with E-state index in [2.05, 4.69) is 17.0 Å². The minimum Gasteiger partial charge on any atom is -0.497 e. The highest BCUT2D eigenvalue weighted by atomic mass is 35.5. The maximum atomic E-state index is 13.7. The number of ether oxygens (including phenoxy) is 1. The molecular formula is C28H26ClN3O2. The third-order valence-electron chi connectivity index (χ3n) is 6.32. The number of aromatic nitrogens is 1. The van der Waals surface area contributed by atoms with Crippen LogP contribution in [0.15, 0.2) is 72.8 Å². The van der Waals surface area contributed by atoms with E-state index in [0.717, 1.165) is 57.3 Å². The Bertz CT molecular complexity index is 1350. The van der Waals surface area contributed by atoms with Crippen molar-refractivity contribution in [2.24, 2.45) is 0 Å². The molecule has 34 heavy (non-hydrogen) atoms. The van der Waals surface area contributed by atoms with Gasteiger partial charge >= 0.3 is 0 Å². The van der Waals surface area contributed by atoms with Crippen LogP contribution in [-0.4, -0.2) is 49.1 Å². The number of carbonyl (C=O) groups excluding carboxylic acids is 1. The molecule has 1 aliphatic heterocycles. The van der Waals surface area contributed by atoms with E-state index in [0.29, 0.717) is 18.7 Å². The van der Waals surface area contributed by atoms with Crippen LogP contribution >= 0.6 is 11.6 Å². The first-order chi connectivity index (χ1) is 16.5. The monoisotopic (exact) mass is 471 g/mol. The van der Waals surface area contributed by atoms with E-state index in [4.69, 9.17) is 21.3 Å². The SMILES string of the molecule is COc1ccc(-c2cc(C(=O)N3CCN(c4cccc(Cl)c4)CC3)c3cc(C)ccc3n2)cc1. The number of halogens is 1. The highest BCUT2D eigenvalue weighted by Gasteiger charge is 2.25. The molecule has 1 aromatic heterocycles. The van der Waals surface area contributed by atoms with Crippen LogP contribution in [0.3, 0.4) is 0 Å². The van der Waals surface area contributed by atoms with Gasteiger partial charge in [0, 0.05) is 47.8 Å². The molecule has 0 aliphatic carbocycles. The Labute approximate surface area is 204 Å². The minimum absolute atomic E-state index is 0.0403. The molecular weight excluding hydrogens is 446 g/mol. The summed E-state index contributed by atoms with van der Waals surface area (Å²) in [5, 5.41) is 1.61. The number of hydrogen-bond acceptors (Lipinski definition) is 4. The predicted octanol–water partition coefficient (Wildman–Crippen LogP) is 5.83. The van der Waals surface area contributed by atoms with Gasteiger partial charge in [0.25, 0.3) is 5.91 Å². The minimum atomic E-state index is 0.0403. The summed E-state index contributed by atoms with van der Waals surface area (Å²) in [6.07, 6.45) is 0. The summed E-state index contributed by atoms with van der Waals surface area (Å²) < 4.78 is 5.28. The third-order valence-corrected chi connectivity index (χ3v) is 6.56. The van der Waals surface area contributed by atoms with Crippen molar-refractivity contribution < 1.29 is 9.53 Å². The number of methoxy groups -OCH3 is 1. The van der Waals surface area contributed by atoms with Gasteiger partial charge in [0.15, 0.2) is 0 Å². The van der Waals surface area contributed by atoms with Crippen molar-refractivity contribution in [3.05, 3.63) is 88.9 Å². The van der Waals surface area contributed by atoms with Crippen molar-refractivity contribution in [3.8, 4) is 17.0 Å². The van der Waals surface area contributed by atoms with Crippen LogP contribution in [-0.2, 0) is 0 Å². The number of amides is 1. The molecule has 1 amide bonds. The van der Waals surface area contributed by atoms with Gasteiger partial charge in [0.2, 0.25) is 0 Å². The molecule has 0 atom stereocenters. The zero-order chi connectivity index (χ0) is 23.7. The number of rotatable bonds is 4. The van der Waals surface area contributed by atoms with Crippen LogP contribution in [0.2, 0.25) is 5.02 Å². The van der Waals surface area contributed by atoms with Gasteiger partial charge in [0.05, 0.1) is 23.9 Å². The van der Waals surface area contributed by atoms with Crippen LogP contribution in [0, 0.1) is 6.92 Å². The fraction of sp³-hybridized carbons (Fsp3) is 0.214. The number of nitrogens with zero attached hydrogens (tertiary/aromatic N) is 3. The fourth-order valence-electron chi connectivity index (χ4n) is 4.44. The van der Waals surface area contributed by atoms with Crippen molar-refractivity contribution in [2.75, 3.05) is 38.2 Å². The third kappa shape index (κ3) is 4.44. The van der Waals surface area contributed by atoms with Crippen molar-refractivity contribution in [2.45, 2.75) is 6.92 Å². The predicted molar refractivity (Wildman–Crippen MR) is 138 cm³/mol. The average Bonchev–Trinajstić information content (AvgIpc) is 2.88. The van der Waals surface area contributed by atoms with Crippen LogP contribution in [0.5, 0.6) is 5.75 Å². The van der Waals surface area contributed by atoms with E-state index in [1.807, 2.05) is 72.5 Å². The zero-order valence-electron chi connectivity index (χ0n) is 19.3. The van der Waals surface area contributed by atoms with E-state index in [9.17, 15) is 4.79 Å². The first-order valence-electron chi connectivity index (χ1n) is 11.4. The molecule has 5 nitrogen and oxygen atoms in total. The molecule has 1 saturated heterocycles. The van der Waals surface area contributed by atoms with E-state index in [-0.39, 0.29) is 5.91 Å². The summed E-state index contributed by atoms with van der Waals surface area (Å²) in [6, 6.07) is 23.6. The number of hydrogen-bond donors (Lipinski definition) is 0. The standard InChI is InChI=1S/C28H26ClN3O2/c1-19-6-11-26-24(16-19)25(18-27(30-26)20-7-9-23(34-2)10-8-20)28(33)32-14-12-31(13-15-32)22-5-3-4-21(29)17-22/h3-11,16-18H,12-15H2,1-2H3. The lowest BCUT2D eigenvalue weighted by Crippen LogP contribution is -2.48. The number of aryl methyl sites for hydroxylation is 1. The Morgan fingerprint density at radius 2 is 1.71 bits per heavy atom. The summed E-state index contributed by atoms with van der Waals surface area (Å²) >= 11 is 6.17. The molecule has 4 aromatic rings. The lowest BCUT2D eigenvalue weighted by atomic mass is 10.0. The number of piperazine rings is 1. The molecule has 0 saturated carbocycles. The second-order valence-electron chi connectivity index (χ2n) is 8.56. The van der Waals surface area contributed by atoms with Crippen LogP contribution in [0.25, 0.3) is 22.2 Å². The summed E-state index contributed by atoms with van der Waals surface area (Å²) in [5.74, 6) is 0.826. The second kappa shape index (κ2) is 9.35. The Morgan fingerprint density at radius 3 is 2.41 bits per heavy atom. The molecule has 2 heterocycles. The number of benzene rings is 3. The van der Waals surface area contributed by atoms with E-state index in [1.165, 1.54) is 0 Å². The maximum absolute atomic E-state index is 13.7. The number of fused-ring (bicyclic) bond motifs is 1. The summed E-state index contributed by atoms with van der Waals surface area (Å²) in [5.41, 5.74) is 5.43. The van der Waals surface area contributed by atoms with Gasteiger partial charge in [-0.3, -0.25) is 4.79 Å². The topological polar surface area (TPSA) is 45.7 Å². The zero-order valence-corrected chi connectivity index (χ0v) is 20.0. The molecule has 0 spiro atoms. The number of pyridine rings is 1. The Morgan fingerprint density at radius 1 is 0.941 bits per heavy atom. The highest BCUT2D eigenvalue weighted by Crippen LogP contribution is 2.29. The summed E-state index contributed by atoms with van der Waals surface area (Å²) in [6.45, 7) is 4.87. The Kier molecular flexibility index (Phi) is 6.12. The molecule has 0 N–H and O–H groups in total. The highest BCUT2D eigenvalue weighted by molar-refractivity contribution is 6.30. The molecule has 172 valence electrons. The van der Waals surface area contributed by atoms with E-state index in [1.54, 1.807) is 7.11 Å². The van der Waals surface area contributed by atoms with Crippen LogP contribution < -0.4 is 9.64 Å². The molecule has 0 radical (unpaired) electrons. The lowest BCUT2D eigenvalue weighted by Gasteiger charge is -2.36. The average molecular weight is 472 g/mol. The summed E-state index contributed by atoms with van der Waals surface area (Å²) in [4.78, 5) is 22.8. The second-order valence-corrected chi connectivity index (χ2v) is 9.00. The van der Waals surface area contributed by atoms with Crippen molar-refractivity contribution in [1.29, 1.82) is 0 Å². The van der Waals surface area contributed by atoms with Crippen molar-refractivity contribution in [1.82, 2.24) is 9.88 Å². The van der Waals surface area contributed by atoms with Crippen molar-refractivity contribution >= 4 is 34.1 Å². The summed E-state index contributed by atoms with van der Waals surface area (Å²) in [7, 11) is 1.65. The van der Waals surface area contributed by atoms with Gasteiger partial charge in [0.1, 0.15) is 5.75 Å². The normalized spacial score (nSPS) is 13.9. The van der Waals surface area contributed by atoms with Gasteiger partial charge in [-0.1, -0.05) is 29.3 Å². The quantitative estimate of drug-likeness (QED) is 0.375. The molecule has 0 bridgehead atoms. The van der Waals surface area contributed by atoms with Crippen LogP contribution in [0.4, 0.5) is 5.69 Å². The molecule has 1 aliphatic rings. The fourth-order valence-corrected chi connectivity index (χ4v) is 4.62. The Balaban J connectivity index is 1.46. The molecule has 1 fully saturated rings. The van der Waals surface area contributed by atoms with Crippen molar-refractivity contribution in [3.63, 3.8) is 0 Å². The van der Waals surface area contributed by atoms with E-state index < -0.39 is 0 Å². The number of carbonyl (C=O) groups is 1. The number of anilines is 1. The largest absolute Gasteiger partial charge is 0.497 e. The molecule has 0 unspecified atom stereocenters. The van der Waals surface area contributed by atoms with Gasteiger partial charge in [-0.2, -0.15) is 0 Å². The van der Waals surface area contributed by atoms with Crippen LogP contribution in [0.1, 0.15) is 15.9 Å².